The van der Waals surface area contributed by atoms with Gasteiger partial charge in [0.05, 0.1) is 13.2 Å². The van der Waals surface area contributed by atoms with Crippen molar-refractivity contribution in [3.05, 3.63) is 0 Å². The minimum absolute atomic E-state index is 0.0130. The molecule has 2 aliphatic heterocycles. The van der Waals surface area contributed by atoms with Gasteiger partial charge in [-0.3, -0.25) is 0 Å². The summed E-state index contributed by atoms with van der Waals surface area (Å²) in [7, 11) is -3.32. The van der Waals surface area contributed by atoms with E-state index in [0.29, 0.717) is 39.4 Å². The summed E-state index contributed by atoms with van der Waals surface area (Å²) in [5.41, 5.74) is 0. The van der Waals surface area contributed by atoms with Crippen LogP contribution >= 0.6 is 0 Å². The summed E-state index contributed by atoms with van der Waals surface area (Å²) in [6.07, 6.45) is 0. The van der Waals surface area contributed by atoms with Crippen LogP contribution in [0.5, 0.6) is 0 Å². The molecule has 100 valence electrons. The van der Waals surface area contributed by atoms with Gasteiger partial charge in [0.1, 0.15) is 0 Å². The molecule has 0 amide bonds. The third kappa shape index (κ3) is 2.79. The number of hydrogen-bond acceptors (Lipinski definition) is 4. The second kappa shape index (κ2) is 5.19. The maximum absolute atomic E-state index is 12.5. The molecule has 0 aromatic carbocycles. The number of ether oxygens (including phenoxy) is 1. The largest absolute Gasteiger partial charge is 0.379 e. The first-order chi connectivity index (χ1) is 8.01. The highest BCUT2D eigenvalue weighted by atomic mass is 32.2. The molecule has 2 saturated heterocycles. The van der Waals surface area contributed by atoms with Crippen LogP contribution in [0.4, 0.5) is 0 Å². The minimum atomic E-state index is -3.32. The molecule has 17 heavy (non-hydrogen) atoms. The van der Waals surface area contributed by atoms with Crippen LogP contribution in [0.2, 0.25) is 0 Å². The fourth-order valence-corrected chi connectivity index (χ4v) is 4.08. The van der Waals surface area contributed by atoms with Crippen LogP contribution < -0.4 is 5.32 Å². The Hall–Kier alpha value is -0.210. The van der Waals surface area contributed by atoms with Gasteiger partial charge in [0.25, 0.3) is 10.2 Å². The Bertz CT molecular complexity index is 354. The van der Waals surface area contributed by atoms with Crippen LogP contribution in [0.25, 0.3) is 0 Å². The van der Waals surface area contributed by atoms with Gasteiger partial charge < -0.3 is 10.1 Å². The molecule has 0 aromatic heterocycles. The highest BCUT2D eigenvalue weighted by Gasteiger charge is 2.36. The summed E-state index contributed by atoms with van der Waals surface area (Å²) in [4.78, 5) is 0. The van der Waals surface area contributed by atoms with E-state index in [9.17, 15) is 8.42 Å². The van der Waals surface area contributed by atoms with Gasteiger partial charge in [0, 0.05) is 38.3 Å². The number of nitrogens with zero attached hydrogens (tertiary/aromatic N) is 2. The van der Waals surface area contributed by atoms with Crippen LogP contribution in [0.3, 0.4) is 0 Å². The summed E-state index contributed by atoms with van der Waals surface area (Å²) < 4.78 is 33.3. The van der Waals surface area contributed by atoms with Crippen molar-refractivity contribution >= 4 is 10.2 Å². The average Bonchev–Trinajstić information content (AvgIpc) is 2.33. The molecule has 6 nitrogen and oxygen atoms in total. The molecule has 2 aliphatic rings. The molecule has 1 N–H and O–H groups in total. The Kier molecular flexibility index (Phi) is 4.04. The lowest BCUT2D eigenvalue weighted by Gasteiger charge is -2.40. The molecular formula is C10H21N3O3S. The standard InChI is InChI=1S/C10H21N3O3S/c1-9-8-13(10(2)7-11-9)17(14,15)12-3-5-16-6-4-12/h9-11H,3-8H2,1-2H3. The van der Waals surface area contributed by atoms with Crippen molar-refractivity contribution < 1.29 is 13.2 Å². The second-order valence-corrected chi connectivity index (χ2v) is 6.63. The van der Waals surface area contributed by atoms with E-state index in [1.165, 1.54) is 4.31 Å². The molecule has 2 unspecified atom stereocenters. The van der Waals surface area contributed by atoms with Crippen LogP contribution in [0, 0.1) is 0 Å². The van der Waals surface area contributed by atoms with E-state index < -0.39 is 10.2 Å². The molecule has 7 heteroatoms. The Balaban J connectivity index is 2.12. The highest BCUT2D eigenvalue weighted by molar-refractivity contribution is 7.86. The molecule has 0 aromatic rings. The lowest BCUT2D eigenvalue weighted by atomic mass is 10.2. The molecule has 2 heterocycles. The topological polar surface area (TPSA) is 61.9 Å². The van der Waals surface area contributed by atoms with Crippen LogP contribution in [-0.2, 0) is 14.9 Å². The van der Waals surface area contributed by atoms with Crippen molar-refractivity contribution in [1.82, 2.24) is 13.9 Å². The molecule has 0 spiro atoms. The van der Waals surface area contributed by atoms with Gasteiger partial charge in [-0.15, -0.1) is 0 Å². The van der Waals surface area contributed by atoms with Crippen molar-refractivity contribution in [2.24, 2.45) is 0 Å². The van der Waals surface area contributed by atoms with E-state index in [4.69, 9.17) is 4.74 Å². The van der Waals surface area contributed by atoms with E-state index in [1.807, 2.05) is 13.8 Å². The Labute approximate surface area is 103 Å². The molecule has 2 fully saturated rings. The lowest BCUT2D eigenvalue weighted by Crippen LogP contribution is -2.60. The van der Waals surface area contributed by atoms with Gasteiger partial charge in [-0.2, -0.15) is 17.0 Å². The zero-order chi connectivity index (χ0) is 12.5. The van der Waals surface area contributed by atoms with Crippen molar-refractivity contribution in [3.8, 4) is 0 Å². The zero-order valence-corrected chi connectivity index (χ0v) is 11.2. The van der Waals surface area contributed by atoms with Crippen LogP contribution in [0.15, 0.2) is 0 Å². The van der Waals surface area contributed by atoms with Crippen LogP contribution in [0.1, 0.15) is 13.8 Å². The molecule has 2 atom stereocenters. The predicted octanol–water partition coefficient (Wildman–Crippen LogP) is -0.754. The summed E-state index contributed by atoms with van der Waals surface area (Å²) in [6, 6.07) is 0.223. The summed E-state index contributed by atoms with van der Waals surface area (Å²) in [5.74, 6) is 0. The number of hydrogen-bond donors (Lipinski definition) is 1. The third-order valence-electron chi connectivity index (χ3n) is 3.30. The maximum Gasteiger partial charge on any atom is 0.282 e. The van der Waals surface area contributed by atoms with Crippen molar-refractivity contribution in [1.29, 1.82) is 0 Å². The maximum atomic E-state index is 12.5. The molecule has 0 aliphatic carbocycles. The fourth-order valence-electron chi connectivity index (χ4n) is 2.24. The molecule has 0 radical (unpaired) electrons. The van der Waals surface area contributed by atoms with Crippen LogP contribution in [-0.4, -0.2) is 68.5 Å². The van der Waals surface area contributed by atoms with Gasteiger partial charge in [-0.25, -0.2) is 0 Å². The van der Waals surface area contributed by atoms with E-state index >= 15 is 0 Å². The van der Waals surface area contributed by atoms with Crippen molar-refractivity contribution in [2.75, 3.05) is 39.4 Å². The van der Waals surface area contributed by atoms with Crippen molar-refractivity contribution in [2.45, 2.75) is 25.9 Å². The number of piperazine rings is 1. The Morgan fingerprint density at radius 3 is 2.53 bits per heavy atom. The first-order valence-electron chi connectivity index (χ1n) is 6.10. The predicted molar refractivity (Wildman–Crippen MR) is 64.9 cm³/mol. The number of rotatable bonds is 2. The Morgan fingerprint density at radius 2 is 1.88 bits per heavy atom. The summed E-state index contributed by atoms with van der Waals surface area (Å²) in [6.45, 7) is 7.13. The smallest absolute Gasteiger partial charge is 0.282 e. The average molecular weight is 263 g/mol. The number of nitrogens with one attached hydrogen (secondary N) is 1. The highest BCUT2D eigenvalue weighted by Crippen LogP contribution is 2.17. The van der Waals surface area contributed by atoms with Gasteiger partial charge in [0.2, 0.25) is 0 Å². The van der Waals surface area contributed by atoms with Crippen molar-refractivity contribution in [3.63, 3.8) is 0 Å². The fraction of sp³-hybridized carbons (Fsp3) is 1.00. The number of morpholine rings is 1. The molecule has 0 saturated carbocycles. The molecular weight excluding hydrogens is 242 g/mol. The van der Waals surface area contributed by atoms with Gasteiger partial charge >= 0.3 is 0 Å². The normalized spacial score (nSPS) is 33.8. The minimum Gasteiger partial charge on any atom is -0.379 e. The first kappa shape index (κ1) is 13.2. The summed E-state index contributed by atoms with van der Waals surface area (Å²) >= 11 is 0. The lowest BCUT2D eigenvalue weighted by molar-refractivity contribution is 0.0682. The Morgan fingerprint density at radius 1 is 1.24 bits per heavy atom. The van der Waals surface area contributed by atoms with Gasteiger partial charge in [-0.05, 0) is 13.8 Å². The SMILES string of the molecule is CC1CN(S(=O)(=O)N2CCOCC2)C(C)CN1. The van der Waals surface area contributed by atoms with E-state index in [0.717, 1.165) is 0 Å². The monoisotopic (exact) mass is 263 g/mol. The van der Waals surface area contributed by atoms with Gasteiger partial charge in [0.15, 0.2) is 0 Å². The molecule has 0 bridgehead atoms. The zero-order valence-electron chi connectivity index (χ0n) is 10.4. The molecule has 2 rings (SSSR count). The quantitative estimate of drug-likeness (QED) is 0.712. The van der Waals surface area contributed by atoms with E-state index in [-0.39, 0.29) is 12.1 Å². The second-order valence-electron chi connectivity index (χ2n) is 4.75. The third-order valence-corrected chi connectivity index (χ3v) is 5.42. The first-order valence-corrected chi connectivity index (χ1v) is 7.49. The van der Waals surface area contributed by atoms with E-state index in [1.54, 1.807) is 4.31 Å². The van der Waals surface area contributed by atoms with Gasteiger partial charge in [-0.1, -0.05) is 0 Å². The summed E-state index contributed by atoms with van der Waals surface area (Å²) in [5, 5.41) is 3.29. The van der Waals surface area contributed by atoms with E-state index in [2.05, 4.69) is 5.32 Å².